The highest BCUT2D eigenvalue weighted by molar-refractivity contribution is 8.14. The number of hydrogen-bond acceptors (Lipinski definition) is 6. The van der Waals surface area contributed by atoms with Crippen LogP contribution < -0.4 is 5.43 Å². The number of nitrogens with zero attached hydrogens (tertiary/aromatic N) is 2. The monoisotopic (exact) mass is 293 g/mol. The molecular weight excluding hydrogens is 274 g/mol. The Labute approximate surface area is 122 Å². The van der Waals surface area contributed by atoms with Crippen LogP contribution in [0.15, 0.2) is 22.4 Å². The molecule has 0 aromatic heterocycles. The molecule has 0 saturated heterocycles. The van der Waals surface area contributed by atoms with Crippen LogP contribution >= 0.6 is 11.8 Å². The molecule has 3 aliphatic rings. The van der Waals surface area contributed by atoms with E-state index in [1.807, 2.05) is 6.92 Å². The molecule has 2 aliphatic carbocycles. The Hall–Kier alpha value is -1.30. The second-order valence-electron chi connectivity index (χ2n) is 5.92. The lowest BCUT2D eigenvalue weighted by atomic mass is 9.47. The molecule has 0 aromatic carbocycles. The van der Waals surface area contributed by atoms with Gasteiger partial charge in [-0.3, -0.25) is 10.2 Å². The Kier molecular flexibility index (Phi) is 3.36. The number of rotatable bonds is 3. The zero-order valence-corrected chi connectivity index (χ0v) is 12.6. The molecule has 2 saturated carbocycles. The van der Waals surface area contributed by atoms with Crippen LogP contribution in [0.3, 0.4) is 0 Å². The fourth-order valence-corrected chi connectivity index (χ4v) is 3.58. The van der Waals surface area contributed by atoms with E-state index < -0.39 is 0 Å². The first-order valence-corrected chi connectivity index (χ1v) is 7.88. The summed E-state index contributed by atoms with van der Waals surface area (Å²) in [7, 11) is 0. The molecule has 20 heavy (non-hydrogen) atoms. The number of amidine groups is 1. The largest absolute Gasteiger partial charge is 0.461 e. The first-order chi connectivity index (χ1) is 9.49. The molecular formula is C14H19N3O2S. The van der Waals surface area contributed by atoms with Crippen LogP contribution in [-0.2, 0) is 9.53 Å². The van der Waals surface area contributed by atoms with Gasteiger partial charge in [0.05, 0.1) is 17.2 Å². The number of esters is 1. The van der Waals surface area contributed by atoms with Crippen LogP contribution in [0.4, 0.5) is 0 Å². The number of hydrogen-bond donors (Lipinski definition) is 1. The van der Waals surface area contributed by atoms with Gasteiger partial charge in [-0.05, 0) is 32.1 Å². The lowest BCUT2D eigenvalue weighted by molar-refractivity contribution is -0.205. The van der Waals surface area contributed by atoms with E-state index in [4.69, 9.17) is 4.74 Å². The maximum Gasteiger partial charge on any atom is 0.316 e. The molecule has 0 radical (unpaired) electrons. The number of thioether (sulfide) groups is 1. The minimum Gasteiger partial charge on any atom is -0.461 e. The van der Waals surface area contributed by atoms with Gasteiger partial charge in [-0.25, -0.2) is 4.99 Å². The van der Waals surface area contributed by atoms with E-state index in [1.165, 1.54) is 24.6 Å². The Morgan fingerprint density at radius 3 is 3.00 bits per heavy atom. The van der Waals surface area contributed by atoms with Crippen molar-refractivity contribution in [1.82, 2.24) is 5.43 Å². The minimum atomic E-state index is -0.173. The van der Waals surface area contributed by atoms with Gasteiger partial charge >= 0.3 is 5.97 Å². The molecule has 2 fully saturated rings. The SMILES string of the molecule is C=C1N=C(SCC(=O)O[C@@H]2C[C@H]3CC[C@@]32C)NN=C1C. The predicted octanol–water partition coefficient (Wildman–Crippen LogP) is 2.30. The van der Waals surface area contributed by atoms with E-state index in [0.29, 0.717) is 10.9 Å². The van der Waals surface area contributed by atoms with Crippen molar-refractivity contribution in [1.29, 1.82) is 0 Å². The average Bonchev–Trinajstić information content (AvgIpc) is 2.43. The van der Waals surface area contributed by atoms with Crippen LogP contribution in [0.2, 0.25) is 0 Å². The third-order valence-electron chi connectivity index (χ3n) is 4.77. The van der Waals surface area contributed by atoms with E-state index in [2.05, 4.69) is 29.0 Å². The van der Waals surface area contributed by atoms with Crippen LogP contribution in [0, 0.1) is 11.3 Å². The Bertz CT molecular complexity index is 529. The van der Waals surface area contributed by atoms with Gasteiger partial charge in [-0.2, -0.15) is 5.10 Å². The predicted molar refractivity (Wildman–Crippen MR) is 80.6 cm³/mol. The Balaban J connectivity index is 1.44. The quantitative estimate of drug-likeness (QED) is 0.811. The molecule has 1 N–H and O–H groups in total. The summed E-state index contributed by atoms with van der Waals surface area (Å²) < 4.78 is 5.56. The lowest BCUT2D eigenvalue weighted by Crippen LogP contribution is -2.59. The van der Waals surface area contributed by atoms with Gasteiger partial charge in [0, 0.05) is 5.41 Å². The maximum absolute atomic E-state index is 11.9. The number of nitrogens with one attached hydrogen (secondary N) is 1. The number of carbonyl (C=O) groups is 1. The van der Waals surface area contributed by atoms with Gasteiger partial charge in [-0.15, -0.1) is 0 Å². The van der Waals surface area contributed by atoms with Gasteiger partial charge < -0.3 is 4.74 Å². The Morgan fingerprint density at radius 1 is 1.65 bits per heavy atom. The summed E-state index contributed by atoms with van der Waals surface area (Å²) in [6.45, 7) is 7.85. The first kappa shape index (κ1) is 13.7. The molecule has 3 rings (SSSR count). The van der Waals surface area contributed by atoms with E-state index >= 15 is 0 Å². The Morgan fingerprint density at radius 2 is 2.45 bits per heavy atom. The number of carbonyl (C=O) groups excluding carboxylic acids is 1. The molecule has 0 aromatic rings. The number of hydrazone groups is 1. The average molecular weight is 293 g/mol. The fraction of sp³-hybridized carbons (Fsp3) is 0.643. The van der Waals surface area contributed by atoms with Crippen molar-refractivity contribution in [3.05, 3.63) is 12.3 Å². The van der Waals surface area contributed by atoms with Crippen molar-refractivity contribution < 1.29 is 9.53 Å². The normalized spacial score (nSPS) is 34.8. The van der Waals surface area contributed by atoms with Crippen LogP contribution in [0.25, 0.3) is 0 Å². The van der Waals surface area contributed by atoms with Gasteiger partial charge in [0.25, 0.3) is 0 Å². The van der Waals surface area contributed by atoms with Gasteiger partial charge in [0.15, 0.2) is 5.17 Å². The molecule has 108 valence electrons. The van der Waals surface area contributed by atoms with Gasteiger partial charge in [0.2, 0.25) is 0 Å². The summed E-state index contributed by atoms with van der Waals surface area (Å²) >= 11 is 1.30. The first-order valence-electron chi connectivity index (χ1n) is 6.89. The number of allylic oxidation sites excluding steroid dienone is 1. The van der Waals surface area contributed by atoms with Crippen molar-refractivity contribution in [3.63, 3.8) is 0 Å². The zero-order chi connectivity index (χ0) is 14.3. The summed E-state index contributed by atoms with van der Waals surface area (Å²) in [5, 5.41) is 4.66. The third kappa shape index (κ3) is 2.26. The molecule has 0 unspecified atom stereocenters. The molecule has 1 aliphatic heterocycles. The summed E-state index contributed by atoms with van der Waals surface area (Å²) in [4.78, 5) is 16.1. The lowest BCUT2D eigenvalue weighted by Gasteiger charge is -2.61. The zero-order valence-electron chi connectivity index (χ0n) is 11.8. The molecule has 3 atom stereocenters. The fourth-order valence-electron chi connectivity index (χ4n) is 2.97. The molecule has 0 bridgehead atoms. The molecule has 0 amide bonds. The smallest absolute Gasteiger partial charge is 0.316 e. The molecule has 5 nitrogen and oxygen atoms in total. The van der Waals surface area contributed by atoms with Gasteiger partial charge in [0.1, 0.15) is 6.10 Å². The summed E-state index contributed by atoms with van der Waals surface area (Å²) in [6.07, 6.45) is 3.63. The highest BCUT2D eigenvalue weighted by Gasteiger charge is 2.59. The van der Waals surface area contributed by atoms with Crippen molar-refractivity contribution in [2.75, 3.05) is 5.75 Å². The third-order valence-corrected chi connectivity index (χ3v) is 5.61. The van der Waals surface area contributed by atoms with Gasteiger partial charge in [-0.1, -0.05) is 25.3 Å². The van der Waals surface area contributed by atoms with E-state index in [9.17, 15) is 4.79 Å². The number of aliphatic imine (C=N–C) groups is 1. The molecule has 1 heterocycles. The second-order valence-corrected chi connectivity index (χ2v) is 6.88. The minimum absolute atomic E-state index is 0.117. The van der Waals surface area contributed by atoms with Crippen molar-refractivity contribution in [3.8, 4) is 0 Å². The van der Waals surface area contributed by atoms with Crippen molar-refractivity contribution in [2.24, 2.45) is 21.4 Å². The van der Waals surface area contributed by atoms with E-state index in [1.54, 1.807) is 0 Å². The van der Waals surface area contributed by atoms with E-state index in [-0.39, 0.29) is 23.2 Å². The van der Waals surface area contributed by atoms with Crippen LogP contribution in [-0.4, -0.2) is 28.7 Å². The summed E-state index contributed by atoms with van der Waals surface area (Å²) in [6, 6.07) is 0. The highest BCUT2D eigenvalue weighted by atomic mass is 32.2. The molecule has 6 heteroatoms. The standard InChI is InChI=1S/C14H19N3O2S/c1-8-9(2)16-17-13(15-8)20-7-12(18)19-11-6-10-4-5-14(10,11)3/h10-11H,1,4-7H2,2-3H3,(H,15,17)/t10-,11-,14+/m1/s1. The van der Waals surface area contributed by atoms with Crippen LogP contribution in [0.5, 0.6) is 0 Å². The number of ether oxygens (including phenoxy) is 1. The highest BCUT2D eigenvalue weighted by Crippen LogP contribution is 2.61. The molecule has 0 spiro atoms. The summed E-state index contributed by atoms with van der Waals surface area (Å²) in [5.41, 5.74) is 4.45. The second kappa shape index (κ2) is 4.91. The van der Waals surface area contributed by atoms with E-state index in [0.717, 1.165) is 18.1 Å². The maximum atomic E-state index is 11.9. The summed E-state index contributed by atoms with van der Waals surface area (Å²) in [5.74, 6) is 0.858. The van der Waals surface area contributed by atoms with Crippen LogP contribution in [0.1, 0.15) is 33.1 Å². The topological polar surface area (TPSA) is 63.0 Å². The van der Waals surface area contributed by atoms with Crippen molar-refractivity contribution >= 4 is 28.6 Å². The van der Waals surface area contributed by atoms with Crippen molar-refractivity contribution in [2.45, 2.75) is 39.2 Å². The number of fused-ring (bicyclic) bond motifs is 1.